The Balaban J connectivity index is 2.40. The number of nitrogens with zero attached hydrogens (tertiary/aromatic N) is 3. The van der Waals surface area contributed by atoms with E-state index >= 15 is 0 Å². The molecule has 0 aliphatic carbocycles. The van der Waals surface area contributed by atoms with Crippen molar-refractivity contribution < 1.29 is 0 Å². The lowest BCUT2D eigenvalue weighted by Crippen LogP contribution is -2.51. The molecule has 0 amide bonds. The molecule has 5 nitrogen and oxygen atoms in total. The van der Waals surface area contributed by atoms with Crippen LogP contribution in [-0.2, 0) is 0 Å². The van der Waals surface area contributed by atoms with Crippen molar-refractivity contribution in [3.63, 3.8) is 0 Å². The van der Waals surface area contributed by atoms with Gasteiger partial charge in [0.15, 0.2) is 0 Å². The molecular weight excluding hydrogens is 288 g/mol. The second kappa shape index (κ2) is 6.79. The molecule has 2 heterocycles. The standard InChI is InChI=1S/C15H25ClN4O/c1-10(2)20-15(21)14(16)13(9-18-20)19-8-6-5-7-12(19)11(3)17-4/h9-12,17H,5-8H2,1-4H3. The highest BCUT2D eigenvalue weighted by Gasteiger charge is 2.29. The zero-order valence-electron chi connectivity index (χ0n) is 13.3. The van der Waals surface area contributed by atoms with Crippen LogP contribution in [0.15, 0.2) is 11.0 Å². The number of rotatable bonds is 4. The molecule has 1 fully saturated rings. The fourth-order valence-corrected chi connectivity index (χ4v) is 3.22. The lowest BCUT2D eigenvalue weighted by Gasteiger charge is -2.41. The summed E-state index contributed by atoms with van der Waals surface area (Å²) in [6.07, 6.45) is 5.17. The van der Waals surface area contributed by atoms with Crippen LogP contribution in [0.25, 0.3) is 0 Å². The third kappa shape index (κ3) is 3.24. The molecule has 118 valence electrons. The molecule has 0 bridgehead atoms. The molecule has 1 aromatic heterocycles. The normalized spacial score (nSPS) is 20.9. The molecule has 2 atom stereocenters. The van der Waals surface area contributed by atoms with Crippen LogP contribution in [0.3, 0.4) is 0 Å². The summed E-state index contributed by atoms with van der Waals surface area (Å²) in [5.74, 6) is 0. The number of hydrogen-bond donors (Lipinski definition) is 1. The van der Waals surface area contributed by atoms with Crippen LogP contribution in [-0.4, -0.2) is 35.5 Å². The quantitative estimate of drug-likeness (QED) is 0.928. The van der Waals surface area contributed by atoms with Crippen molar-refractivity contribution in [1.29, 1.82) is 0 Å². The maximum atomic E-state index is 12.3. The summed E-state index contributed by atoms with van der Waals surface area (Å²) >= 11 is 6.35. The van der Waals surface area contributed by atoms with Gasteiger partial charge in [-0.1, -0.05) is 11.6 Å². The van der Waals surface area contributed by atoms with Gasteiger partial charge in [-0.2, -0.15) is 5.10 Å². The van der Waals surface area contributed by atoms with E-state index in [-0.39, 0.29) is 16.6 Å². The second-order valence-corrected chi connectivity index (χ2v) is 6.40. The van der Waals surface area contributed by atoms with E-state index in [0.29, 0.717) is 12.1 Å². The van der Waals surface area contributed by atoms with E-state index < -0.39 is 0 Å². The summed E-state index contributed by atoms with van der Waals surface area (Å²) in [4.78, 5) is 14.6. The lowest BCUT2D eigenvalue weighted by atomic mass is 9.96. The van der Waals surface area contributed by atoms with Crippen LogP contribution in [0.5, 0.6) is 0 Å². The molecule has 1 aliphatic rings. The van der Waals surface area contributed by atoms with Gasteiger partial charge in [0, 0.05) is 18.6 Å². The number of piperidine rings is 1. The van der Waals surface area contributed by atoms with Gasteiger partial charge in [0.1, 0.15) is 5.02 Å². The van der Waals surface area contributed by atoms with E-state index in [1.165, 1.54) is 11.1 Å². The van der Waals surface area contributed by atoms with Crippen LogP contribution in [0, 0.1) is 0 Å². The zero-order chi connectivity index (χ0) is 15.6. The van der Waals surface area contributed by atoms with E-state index in [2.05, 4.69) is 22.2 Å². The molecule has 1 aromatic rings. The van der Waals surface area contributed by atoms with E-state index in [1.807, 2.05) is 20.9 Å². The van der Waals surface area contributed by atoms with Crippen molar-refractivity contribution >= 4 is 17.3 Å². The van der Waals surface area contributed by atoms with Crippen molar-refractivity contribution in [2.45, 2.75) is 58.2 Å². The Labute approximate surface area is 131 Å². The molecule has 2 unspecified atom stereocenters. The number of nitrogens with one attached hydrogen (secondary N) is 1. The molecular formula is C15H25ClN4O. The SMILES string of the molecule is CNC(C)C1CCCCN1c1cnn(C(C)C)c(=O)c1Cl. The van der Waals surface area contributed by atoms with Crippen molar-refractivity contribution in [3.8, 4) is 0 Å². The predicted octanol–water partition coefficient (Wildman–Crippen LogP) is 2.44. The number of halogens is 1. The summed E-state index contributed by atoms with van der Waals surface area (Å²) in [6.45, 7) is 6.94. The summed E-state index contributed by atoms with van der Waals surface area (Å²) in [6, 6.07) is 0.698. The van der Waals surface area contributed by atoms with Crippen molar-refractivity contribution in [1.82, 2.24) is 15.1 Å². The molecule has 2 rings (SSSR count). The summed E-state index contributed by atoms with van der Waals surface area (Å²) < 4.78 is 1.44. The highest BCUT2D eigenvalue weighted by molar-refractivity contribution is 6.33. The first kappa shape index (κ1) is 16.3. The van der Waals surface area contributed by atoms with Crippen molar-refractivity contribution in [3.05, 3.63) is 21.6 Å². The lowest BCUT2D eigenvalue weighted by molar-refractivity contribution is 0.381. The van der Waals surface area contributed by atoms with Gasteiger partial charge in [0.2, 0.25) is 0 Å². The first-order valence-corrected chi connectivity index (χ1v) is 8.06. The van der Waals surface area contributed by atoms with Gasteiger partial charge >= 0.3 is 0 Å². The van der Waals surface area contributed by atoms with Crippen LogP contribution in [0.2, 0.25) is 5.02 Å². The predicted molar refractivity (Wildman–Crippen MR) is 87.4 cm³/mol. The van der Waals surface area contributed by atoms with Crippen molar-refractivity contribution in [2.24, 2.45) is 0 Å². The Hall–Kier alpha value is -1.07. The maximum Gasteiger partial charge on any atom is 0.287 e. The highest BCUT2D eigenvalue weighted by Crippen LogP contribution is 2.30. The Kier molecular flexibility index (Phi) is 5.27. The minimum absolute atomic E-state index is 0.0115. The average Bonchev–Trinajstić information content (AvgIpc) is 2.49. The van der Waals surface area contributed by atoms with Crippen molar-refractivity contribution in [2.75, 3.05) is 18.5 Å². The van der Waals surface area contributed by atoms with E-state index in [9.17, 15) is 4.79 Å². The monoisotopic (exact) mass is 312 g/mol. The fourth-order valence-electron chi connectivity index (χ4n) is 2.97. The molecule has 0 aromatic carbocycles. The van der Waals surface area contributed by atoms with Gasteiger partial charge in [-0.3, -0.25) is 4.79 Å². The first-order valence-electron chi connectivity index (χ1n) is 7.68. The molecule has 0 radical (unpaired) electrons. The molecule has 6 heteroatoms. The minimum atomic E-state index is -0.203. The Morgan fingerprint density at radius 1 is 1.38 bits per heavy atom. The molecule has 0 spiro atoms. The maximum absolute atomic E-state index is 12.3. The Morgan fingerprint density at radius 2 is 2.10 bits per heavy atom. The smallest absolute Gasteiger partial charge is 0.287 e. The minimum Gasteiger partial charge on any atom is -0.364 e. The van der Waals surface area contributed by atoms with Gasteiger partial charge in [-0.15, -0.1) is 0 Å². The highest BCUT2D eigenvalue weighted by atomic mass is 35.5. The molecule has 21 heavy (non-hydrogen) atoms. The second-order valence-electron chi connectivity index (χ2n) is 6.02. The third-order valence-electron chi connectivity index (χ3n) is 4.31. The topological polar surface area (TPSA) is 50.2 Å². The summed E-state index contributed by atoms with van der Waals surface area (Å²) in [7, 11) is 1.97. The average molecular weight is 313 g/mol. The summed E-state index contributed by atoms with van der Waals surface area (Å²) in [5, 5.41) is 7.89. The molecule has 1 aliphatic heterocycles. The first-order chi connectivity index (χ1) is 9.97. The van der Waals surface area contributed by atoms with Gasteiger partial charge in [-0.05, 0) is 47.1 Å². The van der Waals surface area contributed by atoms with Gasteiger partial charge in [0.25, 0.3) is 5.56 Å². The molecule has 1 saturated heterocycles. The van der Waals surface area contributed by atoms with Crippen LogP contribution < -0.4 is 15.8 Å². The number of likely N-dealkylation sites (N-methyl/N-ethyl adjacent to an activating group) is 1. The summed E-state index contributed by atoms with van der Waals surface area (Å²) in [5.41, 5.74) is 0.566. The number of aromatic nitrogens is 2. The molecule has 0 saturated carbocycles. The Morgan fingerprint density at radius 3 is 2.71 bits per heavy atom. The fraction of sp³-hybridized carbons (Fsp3) is 0.733. The largest absolute Gasteiger partial charge is 0.364 e. The Bertz CT molecular complexity index is 543. The number of anilines is 1. The van der Waals surface area contributed by atoms with Crippen LogP contribution in [0.4, 0.5) is 5.69 Å². The van der Waals surface area contributed by atoms with Gasteiger partial charge < -0.3 is 10.2 Å². The zero-order valence-corrected chi connectivity index (χ0v) is 14.0. The van der Waals surface area contributed by atoms with Crippen LogP contribution >= 0.6 is 11.6 Å². The van der Waals surface area contributed by atoms with E-state index in [1.54, 1.807) is 6.20 Å². The van der Waals surface area contributed by atoms with Crippen LogP contribution in [0.1, 0.15) is 46.1 Å². The molecule has 1 N–H and O–H groups in total. The van der Waals surface area contributed by atoms with Gasteiger partial charge in [0.05, 0.1) is 17.9 Å². The third-order valence-corrected chi connectivity index (χ3v) is 4.66. The van der Waals surface area contributed by atoms with E-state index in [4.69, 9.17) is 11.6 Å². The number of hydrogen-bond acceptors (Lipinski definition) is 4. The van der Waals surface area contributed by atoms with E-state index in [0.717, 1.165) is 25.1 Å². The van der Waals surface area contributed by atoms with Gasteiger partial charge in [-0.25, -0.2) is 4.68 Å².